The third-order valence-electron chi connectivity index (χ3n) is 5.04. The second kappa shape index (κ2) is 6.84. The zero-order chi connectivity index (χ0) is 18.1. The fourth-order valence-corrected chi connectivity index (χ4v) is 3.39. The van der Waals surface area contributed by atoms with Crippen molar-refractivity contribution in [2.75, 3.05) is 32.7 Å². The summed E-state index contributed by atoms with van der Waals surface area (Å²) in [7, 11) is 0. The maximum Gasteiger partial charge on any atom is 0.276 e. The number of likely N-dealkylation sites (N-methyl/N-ethyl adjacent to an activating group) is 1. The van der Waals surface area contributed by atoms with Gasteiger partial charge in [-0.3, -0.25) is 4.79 Å². The second-order valence-corrected chi connectivity index (χ2v) is 6.52. The van der Waals surface area contributed by atoms with Crippen LogP contribution in [0.2, 0.25) is 0 Å². The Labute approximate surface area is 152 Å². The minimum absolute atomic E-state index is 0.0654. The van der Waals surface area contributed by atoms with Gasteiger partial charge >= 0.3 is 0 Å². The van der Waals surface area contributed by atoms with Crippen LogP contribution in [0, 0.1) is 6.92 Å². The van der Waals surface area contributed by atoms with Crippen LogP contribution in [-0.4, -0.2) is 68.2 Å². The number of hydrogen-bond acceptors (Lipinski definition) is 5. The summed E-state index contributed by atoms with van der Waals surface area (Å²) in [5.41, 5.74) is 3.72. The summed E-state index contributed by atoms with van der Waals surface area (Å²) in [6, 6.07) is 9.96. The summed E-state index contributed by atoms with van der Waals surface area (Å²) in [5, 5.41) is 13.0. The van der Waals surface area contributed by atoms with Gasteiger partial charge in [-0.15, -0.1) is 10.2 Å². The molecule has 3 aromatic rings. The Balaban J connectivity index is 1.66. The Morgan fingerprint density at radius 2 is 1.81 bits per heavy atom. The lowest BCUT2D eigenvalue weighted by Crippen LogP contribution is -2.48. The Kier molecular flexibility index (Phi) is 4.38. The Morgan fingerprint density at radius 1 is 1.08 bits per heavy atom. The van der Waals surface area contributed by atoms with Crippen LogP contribution in [0.4, 0.5) is 0 Å². The quantitative estimate of drug-likeness (QED) is 0.721. The van der Waals surface area contributed by atoms with E-state index in [9.17, 15) is 4.79 Å². The monoisotopic (exact) mass is 350 g/mol. The number of piperazine rings is 1. The molecular formula is C19H22N6O. The molecule has 1 fully saturated rings. The standard InChI is InChI=1S/C19H22N6O/c1-3-23-9-11-24(12-10-23)19(26)17-14(2)25-18(22-21-17)16(13-20-25)15-7-5-4-6-8-15/h4-8,13H,3,9-12H2,1-2H3. The molecule has 0 N–H and O–H groups in total. The lowest BCUT2D eigenvalue weighted by atomic mass is 10.1. The average Bonchev–Trinajstić information content (AvgIpc) is 3.13. The third kappa shape index (κ3) is 2.84. The van der Waals surface area contributed by atoms with Gasteiger partial charge in [0, 0.05) is 31.7 Å². The van der Waals surface area contributed by atoms with Crippen molar-refractivity contribution in [3.05, 3.63) is 47.9 Å². The summed E-state index contributed by atoms with van der Waals surface area (Å²) < 4.78 is 1.71. The number of carbonyl (C=O) groups excluding carboxylic acids is 1. The molecule has 1 aliphatic rings. The van der Waals surface area contributed by atoms with E-state index in [4.69, 9.17) is 0 Å². The highest BCUT2D eigenvalue weighted by Crippen LogP contribution is 2.23. The molecule has 7 heteroatoms. The first-order valence-corrected chi connectivity index (χ1v) is 8.97. The maximum atomic E-state index is 12.9. The summed E-state index contributed by atoms with van der Waals surface area (Å²) >= 11 is 0. The Morgan fingerprint density at radius 3 is 2.50 bits per heavy atom. The number of fused-ring (bicyclic) bond motifs is 1. The number of nitrogens with zero attached hydrogens (tertiary/aromatic N) is 6. The van der Waals surface area contributed by atoms with E-state index < -0.39 is 0 Å². The van der Waals surface area contributed by atoms with E-state index in [0.29, 0.717) is 11.3 Å². The van der Waals surface area contributed by atoms with E-state index in [1.807, 2.05) is 42.2 Å². The molecule has 3 heterocycles. The topological polar surface area (TPSA) is 66.6 Å². The molecule has 1 aromatic carbocycles. The molecule has 1 saturated heterocycles. The normalized spacial score (nSPS) is 15.5. The molecule has 7 nitrogen and oxygen atoms in total. The van der Waals surface area contributed by atoms with Crippen LogP contribution >= 0.6 is 0 Å². The predicted molar refractivity (Wildman–Crippen MR) is 99.0 cm³/mol. The highest BCUT2D eigenvalue weighted by atomic mass is 16.2. The van der Waals surface area contributed by atoms with Crippen molar-refractivity contribution in [3.8, 4) is 11.1 Å². The fourth-order valence-electron chi connectivity index (χ4n) is 3.39. The number of aryl methyl sites for hydroxylation is 1. The van der Waals surface area contributed by atoms with Gasteiger partial charge in [-0.2, -0.15) is 5.10 Å². The molecule has 0 unspecified atom stereocenters. The van der Waals surface area contributed by atoms with Crippen LogP contribution in [0.15, 0.2) is 36.5 Å². The van der Waals surface area contributed by atoms with Gasteiger partial charge < -0.3 is 9.80 Å². The molecule has 0 spiro atoms. The molecule has 1 aliphatic heterocycles. The highest BCUT2D eigenvalue weighted by molar-refractivity contribution is 5.93. The summed E-state index contributed by atoms with van der Waals surface area (Å²) in [6.07, 6.45) is 1.78. The number of hydrogen-bond donors (Lipinski definition) is 0. The van der Waals surface area contributed by atoms with Crippen LogP contribution < -0.4 is 0 Å². The smallest absolute Gasteiger partial charge is 0.276 e. The van der Waals surface area contributed by atoms with E-state index in [2.05, 4.69) is 27.1 Å². The summed E-state index contributed by atoms with van der Waals surface area (Å²) in [6.45, 7) is 8.28. The van der Waals surface area contributed by atoms with Crippen LogP contribution in [0.5, 0.6) is 0 Å². The van der Waals surface area contributed by atoms with E-state index in [-0.39, 0.29) is 5.91 Å². The lowest BCUT2D eigenvalue weighted by Gasteiger charge is -2.33. The van der Waals surface area contributed by atoms with Gasteiger partial charge in [0.1, 0.15) is 0 Å². The van der Waals surface area contributed by atoms with E-state index in [1.54, 1.807) is 10.7 Å². The van der Waals surface area contributed by atoms with Crippen LogP contribution in [0.1, 0.15) is 23.1 Å². The third-order valence-corrected chi connectivity index (χ3v) is 5.04. The number of benzene rings is 1. The molecule has 26 heavy (non-hydrogen) atoms. The van der Waals surface area contributed by atoms with Crippen molar-refractivity contribution < 1.29 is 4.79 Å². The van der Waals surface area contributed by atoms with Gasteiger partial charge in [0.15, 0.2) is 11.3 Å². The maximum absolute atomic E-state index is 12.9. The highest BCUT2D eigenvalue weighted by Gasteiger charge is 2.25. The van der Waals surface area contributed by atoms with E-state index in [1.165, 1.54) is 0 Å². The predicted octanol–water partition coefficient (Wildman–Crippen LogP) is 1.88. The van der Waals surface area contributed by atoms with Gasteiger partial charge in [-0.25, -0.2) is 4.52 Å². The average molecular weight is 350 g/mol. The molecule has 0 aliphatic carbocycles. The van der Waals surface area contributed by atoms with Crippen molar-refractivity contribution in [3.63, 3.8) is 0 Å². The number of aromatic nitrogens is 4. The van der Waals surface area contributed by atoms with Crippen LogP contribution in [0.3, 0.4) is 0 Å². The van der Waals surface area contributed by atoms with Gasteiger partial charge in [-0.05, 0) is 19.0 Å². The molecule has 0 atom stereocenters. The molecular weight excluding hydrogens is 328 g/mol. The van der Waals surface area contributed by atoms with Gasteiger partial charge in [-0.1, -0.05) is 37.3 Å². The fraction of sp³-hybridized carbons (Fsp3) is 0.368. The number of amides is 1. The van der Waals surface area contributed by atoms with Crippen molar-refractivity contribution in [2.45, 2.75) is 13.8 Å². The van der Waals surface area contributed by atoms with Gasteiger partial charge in [0.05, 0.1) is 11.9 Å². The molecule has 0 bridgehead atoms. The number of carbonyl (C=O) groups is 1. The van der Waals surface area contributed by atoms with Gasteiger partial charge in [0.2, 0.25) is 0 Å². The van der Waals surface area contributed by atoms with Crippen molar-refractivity contribution in [1.29, 1.82) is 0 Å². The number of rotatable bonds is 3. The van der Waals surface area contributed by atoms with Crippen LogP contribution in [0.25, 0.3) is 16.8 Å². The lowest BCUT2D eigenvalue weighted by molar-refractivity contribution is 0.0634. The molecule has 2 aromatic heterocycles. The molecule has 134 valence electrons. The molecule has 0 radical (unpaired) electrons. The zero-order valence-corrected chi connectivity index (χ0v) is 15.1. The SMILES string of the molecule is CCN1CCN(C(=O)c2nnc3c(-c4ccccc4)cnn3c2C)CC1. The zero-order valence-electron chi connectivity index (χ0n) is 15.1. The van der Waals surface area contributed by atoms with E-state index in [0.717, 1.165) is 49.5 Å². The van der Waals surface area contributed by atoms with Gasteiger partial charge in [0.25, 0.3) is 5.91 Å². The first-order chi connectivity index (χ1) is 12.7. The van der Waals surface area contributed by atoms with Crippen molar-refractivity contribution >= 4 is 11.6 Å². The van der Waals surface area contributed by atoms with Crippen LogP contribution in [-0.2, 0) is 0 Å². The molecule has 0 saturated carbocycles. The molecule has 4 rings (SSSR count). The summed E-state index contributed by atoms with van der Waals surface area (Å²) in [4.78, 5) is 17.1. The van der Waals surface area contributed by atoms with Crippen molar-refractivity contribution in [2.24, 2.45) is 0 Å². The summed E-state index contributed by atoms with van der Waals surface area (Å²) in [5.74, 6) is -0.0654. The first-order valence-electron chi connectivity index (χ1n) is 8.97. The second-order valence-electron chi connectivity index (χ2n) is 6.52. The minimum Gasteiger partial charge on any atom is -0.335 e. The Hall–Kier alpha value is -2.80. The van der Waals surface area contributed by atoms with E-state index >= 15 is 0 Å². The first kappa shape index (κ1) is 16.7. The largest absolute Gasteiger partial charge is 0.335 e. The Bertz CT molecular complexity index is 928. The van der Waals surface area contributed by atoms with Crippen molar-refractivity contribution in [1.82, 2.24) is 29.6 Å². The molecule has 1 amide bonds. The minimum atomic E-state index is -0.0654.